The zero-order chi connectivity index (χ0) is 14.4. The highest BCUT2D eigenvalue weighted by Gasteiger charge is 2.17. The Morgan fingerprint density at radius 2 is 2.05 bits per heavy atom. The first-order chi connectivity index (χ1) is 9.72. The van der Waals surface area contributed by atoms with Gasteiger partial charge in [0.05, 0.1) is 11.6 Å². The van der Waals surface area contributed by atoms with Crippen molar-refractivity contribution in [1.29, 1.82) is 0 Å². The van der Waals surface area contributed by atoms with Gasteiger partial charge in [-0.3, -0.25) is 0 Å². The molecule has 1 aromatic carbocycles. The number of hydrogen-bond acceptors (Lipinski definition) is 2. The Kier molecular flexibility index (Phi) is 6.03. The van der Waals surface area contributed by atoms with Crippen molar-refractivity contribution in [2.75, 3.05) is 11.9 Å². The topological polar surface area (TPSA) is 21.3 Å². The molecule has 0 spiro atoms. The summed E-state index contributed by atoms with van der Waals surface area (Å²) in [5.74, 6) is 1.69. The van der Waals surface area contributed by atoms with Gasteiger partial charge in [-0.25, -0.2) is 0 Å². The SMILES string of the molecule is CCOc1ccc(NC2CCCC(CC)CC2)cc1Cl. The van der Waals surface area contributed by atoms with E-state index in [1.54, 1.807) is 0 Å². The second-order valence-electron chi connectivity index (χ2n) is 5.70. The molecule has 0 heterocycles. The first-order valence-corrected chi connectivity index (χ1v) is 8.29. The summed E-state index contributed by atoms with van der Waals surface area (Å²) in [6, 6.07) is 6.59. The number of anilines is 1. The monoisotopic (exact) mass is 295 g/mol. The Morgan fingerprint density at radius 3 is 2.75 bits per heavy atom. The minimum Gasteiger partial charge on any atom is -0.492 e. The molecule has 1 saturated carbocycles. The minimum absolute atomic E-state index is 0.584. The Balaban J connectivity index is 1.94. The molecule has 0 radical (unpaired) electrons. The van der Waals surface area contributed by atoms with Gasteiger partial charge in [-0.2, -0.15) is 0 Å². The normalized spacial score (nSPS) is 23.1. The lowest BCUT2D eigenvalue weighted by Gasteiger charge is -2.18. The van der Waals surface area contributed by atoms with E-state index >= 15 is 0 Å². The lowest BCUT2D eigenvalue weighted by molar-refractivity contribution is 0.340. The van der Waals surface area contributed by atoms with Crippen molar-refractivity contribution < 1.29 is 4.74 Å². The molecular weight excluding hydrogens is 270 g/mol. The lowest BCUT2D eigenvalue weighted by atomic mass is 9.98. The molecule has 0 aromatic heterocycles. The summed E-state index contributed by atoms with van der Waals surface area (Å²) in [5, 5.41) is 4.33. The van der Waals surface area contributed by atoms with Gasteiger partial charge in [0.25, 0.3) is 0 Å². The quantitative estimate of drug-likeness (QED) is 0.723. The van der Waals surface area contributed by atoms with Gasteiger partial charge >= 0.3 is 0 Å². The van der Waals surface area contributed by atoms with Crippen LogP contribution >= 0.6 is 11.6 Å². The molecule has 3 heteroatoms. The standard InChI is InChI=1S/C17H26ClNO/c1-3-13-6-5-7-14(9-8-13)19-15-10-11-17(20-4-2)16(18)12-15/h10-14,19H,3-9H2,1-2H3. The number of halogens is 1. The third-order valence-electron chi connectivity index (χ3n) is 4.27. The maximum Gasteiger partial charge on any atom is 0.138 e. The van der Waals surface area contributed by atoms with Gasteiger partial charge in [0.15, 0.2) is 0 Å². The van der Waals surface area contributed by atoms with E-state index in [1.165, 1.54) is 38.5 Å². The zero-order valence-electron chi connectivity index (χ0n) is 12.6. The highest BCUT2D eigenvalue weighted by molar-refractivity contribution is 6.32. The molecule has 112 valence electrons. The number of rotatable bonds is 5. The van der Waals surface area contributed by atoms with Crippen LogP contribution in [-0.4, -0.2) is 12.6 Å². The number of benzene rings is 1. The molecule has 1 fully saturated rings. The van der Waals surface area contributed by atoms with Crippen molar-refractivity contribution in [1.82, 2.24) is 0 Å². The van der Waals surface area contributed by atoms with Gasteiger partial charge in [0.2, 0.25) is 0 Å². The van der Waals surface area contributed by atoms with Gasteiger partial charge in [-0.05, 0) is 50.3 Å². The molecule has 2 nitrogen and oxygen atoms in total. The third-order valence-corrected chi connectivity index (χ3v) is 4.56. The van der Waals surface area contributed by atoms with Crippen LogP contribution in [0.15, 0.2) is 18.2 Å². The van der Waals surface area contributed by atoms with E-state index in [0.717, 1.165) is 17.4 Å². The predicted molar refractivity (Wildman–Crippen MR) is 86.9 cm³/mol. The minimum atomic E-state index is 0.584. The highest BCUT2D eigenvalue weighted by Crippen LogP contribution is 2.30. The van der Waals surface area contributed by atoms with Crippen LogP contribution in [-0.2, 0) is 0 Å². The molecule has 1 aliphatic carbocycles. The first kappa shape index (κ1) is 15.5. The molecule has 1 N–H and O–H groups in total. The molecule has 0 saturated heterocycles. The van der Waals surface area contributed by atoms with Crippen LogP contribution in [0.25, 0.3) is 0 Å². The van der Waals surface area contributed by atoms with Crippen LogP contribution in [0.4, 0.5) is 5.69 Å². The van der Waals surface area contributed by atoms with Crippen molar-refractivity contribution in [3.05, 3.63) is 23.2 Å². The van der Waals surface area contributed by atoms with Gasteiger partial charge in [0, 0.05) is 11.7 Å². The van der Waals surface area contributed by atoms with E-state index in [4.69, 9.17) is 16.3 Å². The lowest BCUT2D eigenvalue weighted by Crippen LogP contribution is -2.18. The van der Waals surface area contributed by atoms with Crippen LogP contribution in [0.3, 0.4) is 0 Å². The Labute approximate surface area is 127 Å². The van der Waals surface area contributed by atoms with Gasteiger partial charge < -0.3 is 10.1 Å². The molecule has 2 unspecified atom stereocenters. The van der Waals surface area contributed by atoms with Crippen molar-refractivity contribution >= 4 is 17.3 Å². The fraction of sp³-hybridized carbons (Fsp3) is 0.647. The van der Waals surface area contributed by atoms with Gasteiger partial charge in [-0.1, -0.05) is 37.8 Å². The summed E-state index contributed by atoms with van der Waals surface area (Å²) in [7, 11) is 0. The smallest absolute Gasteiger partial charge is 0.138 e. The number of ether oxygens (including phenoxy) is 1. The van der Waals surface area contributed by atoms with E-state index < -0.39 is 0 Å². The number of nitrogens with one attached hydrogen (secondary N) is 1. The fourth-order valence-corrected chi connectivity index (χ4v) is 3.27. The fourth-order valence-electron chi connectivity index (χ4n) is 3.03. The van der Waals surface area contributed by atoms with Crippen molar-refractivity contribution in [3.8, 4) is 5.75 Å². The second-order valence-corrected chi connectivity index (χ2v) is 6.11. The maximum atomic E-state index is 6.24. The summed E-state index contributed by atoms with van der Waals surface area (Å²) in [6.45, 7) is 4.93. The van der Waals surface area contributed by atoms with Crippen LogP contribution in [0.1, 0.15) is 52.4 Å². The zero-order valence-corrected chi connectivity index (χ0v) is 13.4. The molecule has 2 rings (SSSR count). The molecule has 0 amide bonds. The Bertz CT molecular complexity index is 421. The van der Waals surface area contributed by atoms with Gasteiger partial charge in [-0.15, -0.1) is 0 Å². The van der Waals surface area contributed by atoms with E-state index in [-0.39, 0.29) is 0 Å². The molecule has 0 bridgehead atoms. The summed E-state index contributed by atoms with van der Waals surface area (Å²) < 4.78 is 5.47. The van der Waals surface area contributed by atoms with E-state index in [9.17, 15) is 0 Å². The van der Waals surface area contributed by atoms with Crippen molar-refractivity contribution in [3.63, 3.8) is 0 Å². The molecular formula is C17H26ClNO. The number of hydrogen-bond donors (Lipinski definition) is 1. The summed E-state index contributed by atoms with van der Waals surface area (Å²) >= 11 is 6.24. The largest absolute Gasteiger partial charge is 0.492 e. The van der Waals surface area contributed by atoms with E-state index in [1.807, 2.05) is 19.1 Å². The average Bonchev–Trinajstić information content (AvgIpc) is 2.67. The van der Waals surface area contributed by atoms with Gasteiger partial charge in [0.1, 0.15) is 5.75 Å². The molecule has 0 aliphatic heterocycles. The van der Waals surface area contributed by atoms with Crippen LogP contribution < -0.4 is 10.1 Å². The van der Waals surface area contributed by atoms with Crippen LogP contribution in [0.5, 0.6) is 5.75 Å². The van der Waals surface area contributed by atoms with Crippen molar-refractivity contribution in [2.45, 2.75) is 58.4 Å². The molecule has 2 atom stereocenters. The second kappa shape index (κ2) is 7.78. The van der Waals surface area contributed by atoms with Crippen LogP contribution in [0.2, 0.25) is 5.02 Å². The third kappa shape index (κ3) is 4.31. The van der Waals surface area contributed by atoms with Crippen LogP contribution in [0, 0.1) is 5.92 Å². The summed E-state index contributed by atoms with van der Waals surface area (Å²) in [4.78, 5) is 0. The van der Waals surface area contributed by atoms with Crippen molar-refractivity contribution in [2.24, 2.45) is 5.92 Å². The summed E-state index contributed by atoms with van der Waals surface area (Å²) in [5.41, 5.74) is 1.11. The van der Waals surface area contributed by atoms with E-state index in [2.05, 4.69) is 18.3 Å². The predicted octanol–water partition coefficient (Wildman–Crippen LogP) is 5.51. The molecule has 1 aliphatic rings. The Morgan fingerprint density at radius 1 is 1.20 bits per heavy atom. The average molecular weight is 296 g/mol. The molecule has 20 heavy (non-hydrogen) atoms. The maximum absolute atomic E-state index is 6.24. The summed E-state index contributed by atoms with van der Waals surface area (Å²) in [6.07, 6.45) is 7.92. The molecule has 1 aromatic rings. The Hall–Kier alpha value is -0.890. The highest BCUT2D eigenvalue weighted by atomic mass is 35.5. The van der Waals surface area contributed by atoms with E-state index in [0.29, 0.717) is 17.7 Å². The first-order valence-electron chi connectivity index (χ1n) is 7.91.